The topological polar surface area (TPSA) is 86.5 Å². The molecule has 112 valence electrons. The van der Waals surface area contributed by atoms with Crippen LogP contribution in [0.15, 0.2) is 18.3 Å². The summed E-state index contributed by atoms with van der Waals surface area (Å²) in [4.78, 5) is 15.9. The average Bonchev–Trinajstić information content (AvgIpc) is 2.40. The van der Waals surface area contributed by atoms with Crippen LogP contribution in [0.25, 0.3) is 0 Å². The molecular formula is C14H23N3O3. The summed E-state index contributed by atoms with van der Waals surface area (Å²) in [6.45, 7) is 5.00. The van der Waals surface area contributed by atoms with E-state index in [4.69, 9.17) is 15.2 Å². The van der Waals surface area contributed by atoms with Crippen molar-refractivity contribution < 1.29 is 14.3 Å². The van der Waals surface area contributed by atoms with Crippen LogP contribution in [-0.4, -0.2) is 37.3 Å². The summed E-state index contributed by atoms with van der Waals surface area (Å²) in [5, 5.41) is 2.73. The molecule has 1 amide bonds. The van der Waals surface area contributed by atoms with E-state index in [0.29, 0.717) is 37.1 Å². The lowest BCUT2D eigenvalue weighted by Crippen LogP contribution is -2.36. The predicted molar refractivity (Wildman–Crippen MR) is 77.7 cm³/mol. The normalized spacial score (nSPS) is 12.2. The Balaban J connectivity index is 2.46. The molecule has 0 aliphatic heterocycles. The van der Waals surface area contributed by atoms with Gasteiger partial charge in [0.2, 0.25) is 11.8 Å². The summed E-state index contributed by atoms with van der Waals surface area (Å²) in [5.74, 6) is 0.672. The summed E-state index contributed by atoms with van der Waals surface area (Å²) in [6.07, 6.45) is 2.19. The number of nitrogens with zero attached hydrogens (tertiary/aromatic N) is 1. The number of nitrogens with two attached hydrogens (primary N) is 1. The number of methoxy groups -OCH3 is 1. The van der Waals surface area contributed by atoms with E-state index >= 15 is 0 Å². The largest absolute Gasteiger partial charge is 0.475 e. The molecule has 0 radical (unpaired) electrons. The van der Waals surface area contributed by atoms with Gasteiger partial charge in [-0.2, -0.15) is 0 Å². The molecule has 0 aliphatic rings. The Bertz CT molecular complexity index is 407. The highest BCUT2D eigenvalue weighted by Crippen LogP contribution is 2.12. The monoisotopic (exact) mass is 281 g/mol. The smallest absolute Gasteiger partial charge is 0.241 e. The Kier molecular flexibility index (Phi) is 6.97. The van der Waals surface area contributed by atoms with Gasteiger partial charge in [-0.25, -0.2) is 4.98 Å². The maximum Gasteiger partial charge on any atom is 0.241 e. The van der Waals surface area contributed by atoms with Crippen molar-refractivity contribution in [2.75, 3.05) is 25.6 Å². The van der Waals surface area contributed by atoms with Crippen LogP contribution in [0.2, 0.25) is 0 Å². The maximum atomic E-state index is 11.8. The minimum atomic E-state index is -0.507. The highest BCUT2D eigenvalue weighted by molar-refractivity contribution is 5.94. The Morgan fingerprint density at radius 3 is 2.70 bits per heavy atom. The van der Waals surface area contributed by atoms with Crippen LogP contribution in [0, 0.1) is 5.92 Å². The zero-order chi connectivity index (χ0) is 15.0. The standard InChI is InChI=1S/C14H23N3O3/c1-10(2)8-12(15)14(18)17-11-4-5-13(16-9-11)20-7-6-19-3/h4-5,9-10,12H,6-8,15H2,1-3H3,(H,17,18). The number of amides is 1. The van der Waals surface area contributed by atoms with Crippen molar-refractivity contribution in [3.8, 4) is 5.88 Å². The van der Waals surface area contributed by atoms with E-state index in [2.05, 4.69) is 10.3 Å². The molecule has 0 saturated heterocycles. The Labute approximate surface area is 119 Å². The third kappa shape index (κ3) is 5.99. The summed E-state index contributed by atoms with van der Waals surface area (Å²) in [5.41, 5.74) is 6.41. The summed E-state index contributed by atoms with van der Waals surface area (Å²) < 4.78 is 10.2. The van der Waals surface area contributed by atoms with E-state index in [0.717, 1.165) is 0 Å². The number of pyridine rings is 1. The van der Waals surface area contributed by atoms with Crippen LogP contribution in [0.3, 0.4) is 0 Å². The number of aromatic nitrogens is 1. The molecule has 1 aromatic rings. The number of rotatable bonds is 8. The highest BCUT2D eigenvalue weighted by atomic mass is 16.5. The fourth-order valence-electron chi connectivity index (χ4n) is 1.62. The average molecular weight is 281 g/mol. The molecule has 20 heavy (non-hydrogen) atoms. The number of anilines is 1. The minimum Gasteiger partial charge on any atom is -0.475 e. The van der Waals surface area contributed by atoms with Gasteiger partial charge >= 0.3 is 0 Å². The molecule has 1 heterocycles. The molecule has 0 saturated carbocycles. The van der Waals surface area contributed by atoms with E-state index in [-0.39, 0.29) is 5.91 Å². The van der Waals surface area contributed by atoms with Crippen molar-refractivity contribution in [1.82, 2.24) is 4.98 Å². The van der Waals surface area contributed by atoms with Crippen molar-refractivity contribution in [3.05, 3.63) is 18.3 Å². The fourth-order valence-corrected chi connectivity index (χ4v) is 1.62. The number of nitrogens with one attached hydrogen (secondary N) is 1. The van der Waals surface area contributed by atoms with Gasteiger partial charge in [-0.1, -0.05) is 13.8 Å². The van der Waals surface area contributed by atoms with Crippen LogP contribution >= 0.6 is 0 Å². The van der Waals surface area contributed by atoms with Crippen LogP contribution in [0.1, 0.15) is 20.3 Å². The van der Waals surface area contributed by atoms with Crippen LogP contribution in [0.5, 0.6) is 5.88 Å². The summed E-state index contributed by atoms with van der Waals surface area (Å²) in [6, 6.07) is 2.92. The van der Waals surface area contributed by atoms with Crippen molar-refractivity contribution in [1.29, 1.82) is 0 Å². The molecule has 0 aliphatic carbocycles. The molecule has 0 spiro atoms. The lowest BCUT2D eigenvalue weighted by atomic mass is 10.0. The van der Waals surface area contributed by atoms with Gasteiger partial charge in [0, 0.05) is 13.2 Å². The molecule has 1 atom stereocenters. The first-order valence-electron chi connectivity index (χ1n) is 6.67. The first-order valence-corrected chi connectivity index (χ1v) is 6.67. The first-order chi connectivity index (χ1) is 9.52. The summed E-state index contributed by atoms with van der Waals surface area (Å²) in [7, 11) is 1.61. The van der Waals surface area contributed by atoms with E-state index in [9.17, 15) is 4.79 Å². The number of hydrogen-bond donors (Lipinski definition) is 2. The SMILES string of the molecule is COCCOc1ccc(NC(=O)C(N)CC(C)C)cn1. The second-order valence-corrected chi connectivity index (χ2v) is 4.95. The quantitative estimate of drug-likeness (QED) is 0.704. The molecule has 1 rings (SSSR count). The van der Waals surface area contributed by atoms with E-state index in [1.807, 2.05) is 13.8 Å². The molecule has 6 nitrogen and oxygen atoms in total. The molecule has 0 fully saturated rings. The van der Waals surface area contributed by atoms with Crippen molar-refractivity contribution in [2.45, 2.75) is 26.3 Å². The highest BCUT2D eigenvalue weighted by Gasteiger charge is 2.15. The lowest BCUT2D eigenvalue weighted by Gasteiger charge is -2.14. The Hall–Kier alpha value is -1.66. The second-order valence-electron chi connectivity index (χ2n) is 4.95. The van der Waals surface area contributed by atoms with Gasteiger partial charge in [-0.15, -0.1) is 0 Å². The second kappa shape index (κ2) is 8.50. The van der Waals surface area contributed by atoms with Gasteiger partial charge in [0.05, 0.1) is 24.5 Å². The third-order valence-electron chi connectivity index (χ3n) is 2.60. The van der Waals surface area contributed by atoms with Gasteiger partial charge in [0.15, 0.2) is 0 Å². The molecule has 0 aromatic carbocycles. The van der Waals surface area contributed by atoms with E-state index in [1.54, 1.807) is 25.4 Å². The van der Waals surface area contributed by atoms with Crippen LogP contribution in [-0.2, 0) is 9.53 Å². The van der Waals surface area contributed by atoms with Crippen LogP contribution < -0.4 is 15.8 Å². The zero-order valence-corrected chi connectivity index (χ0v) is 12.3. The van der Waals surface area contributed by atoms with Crippen molar-refractivity contribution >= 4 is 11.6 Å². The lowest BCUT2D eigenvalue weighted by molar-refractivity contribution is -0.117. The Morgan fingerprint density at radius 2 is 2.15 bits per heavy atom. The van der Waals surface area contributed by atoms with Gasteiger partial charge in [0.25, 0.3) is 0 Å². The molecule has 1 unspecified atom stereocenters. The minimum absolute atomic E-state index is 0.200. The van der Waals surface area contributed by atoms with Crippen molar-refractivity contribution in [2.24, 2.45) is 11.7 Å². The Morgan fingerprint density at radius 1 is 1.40 bits per heavy atom. The maximum absolute atomic E-state index is 11.8. The molecule has 3 N–H and O–H groups in total. The molecular weight excluding hydrogens is 258 g/mol. The molecule has 6 heteroatoms. The zero-order valence-electron chi connectivity index (χ0n) is 12.3. The van der Waals surface area contributed by atoms with Gasteiger partial charge < -0.3 is 20.5 Å². The third-order valence-corrected chi connectivity index (χ3v) is 2.60. The molecule has 0 bridgehead atoms. The molecule has 1 aromatic heterocycles. The van der Waals surface area contributed by atoms with Gasteiger partial charge in [-0.05, 0) is 18.4 Å². The number of carbonyl (C=O) groups excluding carboxylic acids is 1. The first kappa shape index (κ1) is 16.4. The van der Waals surface area contributed by atoms with E-state index in [1.165, 1.54) is 0 Å². The van der Waals surface area contributed by atoms with Crippen molar-refractivity contribution in [3.63, 3.8) is 0 Å². The van der Waals surface area contributed by atoms with Crippen LogP contribution in [0.4, 0.5) is 5.69 Å². The van der Waals surface area contributed by atoms with Gasteiger partial charge in [-0.3, -0.25) is 4.79 Å². The predicted octanol–water partition coefficient (Wildman–Crippen LogP) is 1.42. The fraction of sp³-hybridized carbons (Fsp3) is 0.571. The number of hydrogen-bond acceptors (Lipinski definition) is 5. The number of carbonyl (C=O) groups is 1. The van der Waals surface area contributed by atoms with Gasteiger partial charge in [0.1, 0.15) is 6.61 Å². The van der Waals surface area contributed by atoms with E-state index < -0.39 is 6.04 Å². The number of ether oxygens (including phenoxy) is 2. The summed E-state index contributed by atoms with van der Waals surface area (Å²) >= 11 is 0.